The average Bonchev–Trinajstić information content (AvgIpc) is 3.74. The van der Waals surface area contributed by atoms with Crippen LogP contribution in [-0.4, -0.2) is 0 Å². The Balaban J connectivity index is 1.12. The van der Waals surface area contributed by atoms with Crippen molar-refractivity contribution in [1.29, 1.82) is 0 Å². The molecule has 0 aliphatic heterocycles. The third-order valence-electron chi connectivity index (χ3n) is 12.2. The standard InChI is InChI=1S/C54H40N2/c1-54(2)48-34-40(55(38-20-5-3-6-21-38)50-29-15-19-36-17-9-12-25-42(36)50)31-32-46(48)53-45-27-14-13-26-44(45)52(35-49(53)54)56(39-22-7-4-8-23-39)51-30-16-28-43-41-24-11-10-18-37(41)33-47(43)51/h3-32,34-35H,33H2,1-2H3. The van der Waals surface area contributed by atoms with Gasteiger partial charge in [-0.25, -0.2) is 0 Å². The van der Waals surface area contributed by atoms with E-state index in [1.807, 2.05) is 0 Å². The Morgan fingerprint density at radius 1 is 0.393 bits per heavy atom. The van der Waals surface area contributed by atoms with Gasteiger partial charge in [0.25, 0.3) is 0 Å². The molecule has 2 heteroatoms. The van der Waals surface area contributed by atoms with E-state index in [2.05, 4.69) is 218 Å². The van der Waals surface area contributed by atoms with Crippen molar-refractivity contribution in [3.63, 3.8) is 0 Å². The molecule has 0 aromatic heterocycles. The zero-order chi connectivity index (χ0) is 37.4. The molecule has 56 heavy (non-hydrogen) atoms. The molecule has 0 atom stereocenters. The number of para-hydroxylation sites is 2. The minimum Gasteiger partial charge on any atom is -0.310 e. The summed E-state index contributed by atoms with van der Waals surface area (Å²) in [5.74, 6) is 0. The number of nitrogens with zero attached hydrogens (tertiary/aromatic N) is 2. The van der Waals surface area contributed by atoms with Gasteiger partial charge in [0.15, 0.2) is 0 Å². The highest BCUT2D eigenvalue weighted by molar-refractivity contribution is 6.11. The van der Waals surface area contributed by atoms with Gasteiger partial charge in [0.1, 0.15) is 0 Å². The van der Waals surface area contributed by atoms with Crippen LogP contribution in [0.15, 0.2) is 194 Å². The molecule has 0 bridgehead atoms. The molecule has 0 spiro atoms. The predicted octanol–water partition coefficient (Wildman–Crippen LogP) is 14.8. The van der Waals surface area contributed by atoms with E-state index in [1.54, 1.807) is 0 Å². The zero-order valence-corrected chi connectivity index (χ0v) is 31.6. The fraction of sp³-hybridized carbons (Fsp3) is 0.0741. The molecule has 0 heterocycles. The average molecular weight is 717 g/mol. The Bertz CT molecular complexity index is 2970. The first kappa shape index (κ1) is 32.5. The van der Waals surface area contributed by atoms with Crippen molar-refractivity contribution >= 4 is 55.7 Å². The predicted molar refractivity (Wildman–Crippen MR) is 237 cm³/mol. The van der Waals surface area contributed by atoms with Gasteiger partial charge in [-0.05, 0) is 110 Å². The first-order valence-corrected chi connectivity index (χ1v) is 19.7. The van der Waals surface area contributed by atoms with Gasteiger partial charge in [-0.15, -0.1) is 0 Å². The number of hydrogen-bond acceptors (Lipinski definition) is 2. The van der Waals surface area contributed by atoms with Gasteiger partial charge in [-0.2, -0.15) is 0 Å². The minimum absolute atomic E-state index is 0.266. The molecule has 0 radical (unpaired) electrons. The third-order valence-corrected chi connectivity index (χ3v) is 12.2. The maximum atomic E-state index is 2.52. The summed E-state index contributed by atoms with van der Waals surface area (Å²) >= 11 is 0. The molecule has 11 rings (SSSR count). The molecule has 0 N–H and O–H groups in total. The van der Waals surface area contributed by atoms with Crippen LogP contribution < -0.4 is 9.80 Å². The number of benzene rings is 9. The highest BCUT2D eigenvalue weighted by Crippen LogP contribution is 2.56. The van der Waals surface area contributed by atoms with Gasteiger partial charge in [0.2, 0.25) is 0 Å². The molecule has 0 unspecified atom stereocenters. The highest BCUT2D eigenvalue weighted by atomic mass is 15.2. The normalized spacial score (nSPS) is 13.2. The van der Waals surface area contributed by atoms with Crippen molar-refractivity contribution in [2.24, 2.45) is 0 Å². The van der Waals surface area contributed by atoms with Gasteiger partial charge in [0, 0.05) is 39.7 Å². The minimum atomic E-state index is -0.266. The Kier molecular flexibility index (Phi) is 7.31. The monoisotopic (exact) mass is 716 g/mol. The number of fused-ring (bicyclic) bond motifs is 9. The Morgan fingerprint density at radius 3 is 1.80 bits per heavy atom. The van der Waals surface area contributed by atoms with E-state index < -0.39 is 0 Å². The van der Waals surface area contributed by atoms with Crippen LogP contribution in [0.3, 0.4) is 0 Å². The molecule has 0 saturated heterocycles. The summed E-state index contributed by atoms with van der Waals surface area (Å²) in [6.45, 7) is 4.82. The van der Waals surface area contributed by atoms with E-state index >= 15 is 0 Å². The Labute approximate surface area is 328 Å². The fourth-order valence-corrected chi connectivity index (χ4v) is 9.62. The van der Waals surface area contributed by atoms with E-state index in [0.717, 1.165) is 23.5 Å². The van der Waals surface area contributed by atoms with Crippen LogP contribution in [0.4, 0.5) is 34.1 Å². The quantitative estimate of drug-likeness (QED) is 0.169. The lowest BCUT2D eigenvalue weighted by Gasteiger charge is -2.31. The summed E-state index contributed by atoms with van der Waals surface area (Å²) in [6, 6.07) is 71.5. The highest BCUT2D eigenvalue weighted by Gasteiger charge is 2.39. The van der Waals surface area contributed by atoms with Gasteiger partial charge in [0.05, 0.1) is 17.1 Å². The fourth-order valence-electron chi connectivity index (χ4n) is 9.62. The van der Waals surface area contributed by atoms with E-state index in [0.29, 0.717) is 0 Å². The zero-order valence-electron chi connectivity index (χ0n) is 31.6. The molecule has 2 aliphatic rings. The number of hydrogen-bond donors (Lipinski definition) is 0. The van der Waals surface area contributed by atoms with Gasteiger partial charge < -0.3 is 9.80 Å². The molecule has 0 fully saturated rings. The molecule has 0 saturated carbocycles. The third kappa shape index (κ3) is 4.89. The summed E-state index contributed by atoms with van der Waals surface area (Å²) in [6.07, 6.45) is 0.919. The number of rotatable bonds is 6. The van der Waals surface area contributed by atoms with Crippen molar-refractivity contribution in [1.82, 2.24) is 0 Å². The van der Waals surface area contributed by atoms with Crippen LogP contribution in [0.1, 0.15) is 36.1 Å². The van der Waals surface area contributed by atoms with E-state index in [4.69, 9.17) is 0 Å². The molecule has 266 valence electrons. The molecule has 9 aromatic rings. The van der Waals surface area contributed by atoms with E-state index in [-0.39, 0.29) is 5.41 Å². The Hall–Kier alpha value is -6.90. The van der Waals surface area contributed by atoms with Crippen LogP contribution in [-0.2, 0) is 11.8 Å². The molecule has 2 nitrogen and oxygen atoms in total. The Morgan fingerprint density at radius 2 is 1.00 bits per heavy atom. The molecule has 2 aliphatic carbocycles. The van der Waals surface area contributed by atoms with Crippen LogP contribution in [0.2, 0.25) is 0 Å². The molecule has 0 amide bonds. The summed E-state index contributed by atoms with van der Waals surface area (Å²) < 4.78 is 0. The van der Waals surface area contributed by atoms with Gasteiger partial charge >= 0.3 is 0 Å². The second-order valence-electron chi connectivity index (χ2n) is 15.7. The number of anilines is 6. The van der Waals surface area contributed by atoms with Crippen LogP contribution in [0.25, 0.3) is 43.8 Å². The summed E-state index contributed by atoms with van der Waals surface area (Å²) in [5.41, 5.74) is 17.6. The lowest BCUT2D eigenvalue weighted by Crippen LogP contribution is -2.18. The lowest BCUT2D eigenvalue weighted by atomic mass is 9.81. The molecular weight excluding hydrogens is 677 g/mol. The van der Waals surface area contributed by atoms with Crippen molar-refractivity contribution in [2.45, 2.75) is 25.7 Å². The smallest absolute Gasteiger partial charge is 0.0543 e. The van der Waals surface area contributed by atoms with Crippen molar-refractivity contribution < 1.29 is 0 Å². The summed E-state index contributed by atoms with van der Waals surface area (Å²) in [7, 11) is 0. The maximum absolute atomic E-state index is 2.52. The second kappa shape index (κ2) is 12.6. The first-order chi connectivity index (χ1) is 27.6. The van der Waals surface area contributed by atoms with Crippen molar-refractivity contribution in [3.8, 4) is 22.3 Å². The molecule has 9 aromatic carbocycles. The van der Waals surface area contributed by atoms with E-state index in [9.17, 15) is 0 Å². The summed E-state index contributed by atoms with van der Waals surface area (Å²) in [5, 5.41) is 4.99. The maximum Gasteiger partial charge on any atom is 0.0543 e. The largest absolute Gasteiger partial charge is 0.310 e. The summed E-state index contributed by atoms with van der Waals surface area (Å²) in [4.78, 5) is 4.95. The van der Waals surface area contributed by atoms with Crippen molar-refractivity contribution in [3.05, 3.63) is 216 Å². The SMILES string of the molecule is CC1(C)c2cc(N(c3ccccc3)c3cccc4ccccc34)ccc2-c2c1cc(N(c1ccccc1)c1cccc3c1Cc1ccccc1-3)c1ccccc21. The van der Waals surface area contributed by atoms with Crippen LogP contribution in [0, 0.1) is 0 Å². The second-order valence-corrected chi connectivity index (χ2v) is 15.7. The topological polar surface area (TPSA) is 6.48 Å². The van der Waals surface area contributed by atoms with Crippen LogP contribution >= 0.6 is 0 Å². The van der Waals surface area contributed by atoms with Crippen LogP contribution in [0.5, 0.6) is 0 Å². The molecular formula is C54H40N2. The van der Waals surface area contributed by atoms with Crippen molar-refractivity contribution in [2.75, 3.05) is 9.80 Å². The lowest BCUT2D eigenvalue weighted by molar-refractivity contribution is 0.661. The van der Waals surface area contributed by atoms with Gasteiger partial charge in [-0.3, -0.25) is 0 Å². The first-order valence-electron chi connectivity index (χ1n) is 19.7. The van der Waals surface area contributed by atoms with Gasteiger partial charge in [-0.1, -0.05) is 153 Å². The van der Waals surface area contributed by atoms with E-state index in [1.165, 1.54) is 83.1 Å².